The molecular formula is C31H22F8O2. The highest BCUT2D eigenvalue weighted by Gasteiger charge is 2.35. The van der Waals surface area contributed by atoms with Crippen molar-refractivity contribution in [2.24, 2.45) is 0 Å². The first-order chi connectivity index (χ1) is 19.5. The second-order valence-electron chi connectivity index (χ2n) is 9.05. The number of aryl methyl sites for hydroxylation is 1. The van der Waals surface area contributed by atoms with Gasteiger partial charge in [-0.15, -0.1) is 0 Å². The molecule has 0 bridgehead atoms. The van der Waals surface area contributed by atoms with Crippen molar-refractivity contribution in [2.45, 2.75) is 32.3 Å². The number of rotatable bonds is 10. The molecule has 0 atom stereocenters. The van der Waals surface area contributed by atoms with Gasteiger partial charge < -0.3 is 9.47 Å². The van der Waals surface area contributed by atoms with Crippen LogP contribution in [-0.4, -0.2) is 0 Å². The first-order valence-corrected chi connectivity index (χ1v) is 12.4. The number of hydrogen-bond acceptors (Lipinski definition) is 2. The molecule has 4 aromatic rings. The van der Waals surface area contributed by atoms with Crippen molar-refractivity contribution in [1.82, 2.24) is 0 Å². The van der Waals surface area contributed by atoms with E-state index < -0.39 is 63.6 Å². The Balaban J connectivity index is 1.53. The van der Waals surface area contributed by atoms with Crippen LogP contribution in [0.3, 0.4) is 0 Å². The highest BCUT2D eigenvalue weighted by Crippen LogP contribution is 2.37. The number of alkyl halides is 2. The fourth-order valence-corrected chi connectivity index (χ4v) is 4.11. The summed E-state index contributed by atoms with van der Waals surface area (Å²) in [7, 11) is 0. The average molecular weight is 578 g/mol. The van der Waals surface area contributed by atoms with E-state index in [1.54, 1.807) is 0 Å². The lowest BCUT2D eigenvalue weighted by Crippen LogP contribution is -2.22. The maximum atomic E-state index is 14.9. The Kier molecular flexibility index (Phi) is 9.00. The number of halogens is 8. The molecule has 0 heterocycles. The Morgan fingerprint density at radius 1 is 0.732 bits per heavy atom. The first-order valence-electron chi connectivity index (χ1n) is 12.4. The smallest absolute Gasteiger partial charge is 0.426 e. The van der Waals surface area contributed by atoms with Crippen LogP contribution < -0.4 is 9.47 Å². The van der Waals surface area contributed by atoms with Crippen molar-refractivity contribution in [3.05, 3.63) is 120 Å². The minimum Gasteiger partial charge on any atom is -0.453 e. The molecule has 10 heteroatoms. The summed E-state index contributed by atoms with van der Waals surface area (Å²) in [6, 6.07) is 14.7. The van der Waals surface area contributed by atoms with Crippen LogP contribution in [0.2, 0.25) is 0 Å². The monoisotopic (exact) mass is 578 g/mol. The molecule has 4 aromatic carbocycles. The molecule has 2 nitrogen and oxygen atoms in total. The zero-order chi connectivity index (χ0) is 29.7. The summed E-state index contributed by atoms with van der Waals surface area (Å²) in [5, 5.41) is 0. The fraction of sp³-hybridized carbons (Fsp3) is 0.161. The van der Waals surface area contributed by atoms with Crippen LogP contribution in [-0.2, 0) is 12.5 Å². The van der Waals surface area contributed by atoms with Gasteiger partial charge in [-0.2, -0.15) is 17.6 Å². The standard InChI is InChI=1S/C31H22F8O2/c1-2-3-4-18-5-7-19(8-6-18)20-9-11-22(12-10-20)31(38,39)41-23-15-24(32)29(25(33)16-23)21-13-26(34)30(27(35)14-21)40-17-28(36)37/h5-17H,2-4H2,1H3. The van der Waals surface area contributed by atoms with Gasteiger partial charge in [-0.1, -0.05) is 49.7 Å². The lowest BCUT2D eigenvalue weighted by atomic mass is 10.0. The van der Waals surface area contributed by atoms with E-state index in [1.807, 2.05) is 24.3 Å². The molecule has 4 rings (SSSR count). The van der Waals surface area contributed by atoms with Crippen LogP contribution in [0.5, 0.6) is 11.5 Å². The van der Waals surface area contributed by atoms with Crippen molar-refractivity contribution < 1.29 is 44.6 Å². The third kappa shape index (κ3) is 7.06. The van der Waals surface area contributed by atoms with Gasteiger partial charge in [-0.05, 0) is 59.4 Å². The molecule has 0 spiro atoms. The van der Waals surface area contributed by atoms with E-state index in [-0.39, 0.29) is 6.26 Å². The van der Waals surface area contributed by atoms with E-state index in [1.165, 1.54) is 17.7 Å². The quantitative estimate of drug-likeness (QED) is 0.138. The van der Waals surface area contributed by atoms with E-state index in [4.69, 9.17) is 0 Å². The van der Waals surface area contributed by atoms with Crippen LogP contribution in [0.25, 0.3) is 22.3 Å². The molecule has 0 unspecified atom stereocenters. The van der Waals surface area contributed by atoms with Gasteiger partial charge in [0.15, 0.2) is 23.6 Å². The Hall–Kier alpha value is -4.34. The number of benzene rings is 4. The van der Waals surface area contributed by atoms with E-state index in [0.717, 1.165) is 37.0 Å². The Morgan fingerprint density at radius 2 is 1.27 bits per heavy atom. The van der Waals surface area contributed by atoms with Crippen molar-refractivity contribution >= 4 is 0 Å². The molecule has 0 aliphatic heterocycles. The highest BCUT2D eigenvalue weighted by molar-refractivity contribution is 5.67. The van der Waals surface area contributed by atoms with Crippen molar-refractivity contribution in [1.29, 1.82) is 0 Å². The molecule has 0 aliphatic carbocycles. The molecule has 0 amide bonds. The Morgan fingerprint density at radius 3 is 1.78 bits per heavy atom. The molecule has 214 valence electrons. The van der Waals surface area contributed by atoms with Gasteiger partial charge in [0, 0.05) is 12.1 Å². The van der Waals surface area contributed by atoms with Crippen LogP contribution in [0.4, 0.5) is 35.1 Å². The van der Waals surface area contributed by atoms with Crippen molar-refractivity contribution in [3.63, 3.8) is 0 Å². The van der Waals surface area contributed by atoms with Gasteiger partial charge in [0.05, 0.1) is 11.1 Å². The topological polar surface area (TPSA) is 18.5 Å². The summed E-state index contributed by atoms with van der Waals surface area (Å²) >= 11 is 0. The maximum absolute atomic E-state index is 14.9. The summed E-state index contributed by atoms with van der Waals surface area (Å²) in [5.41, 5.74) is 0.460. The van der Waals surface area contributed by atoms with Gasteiger partial charge in [0.25, 0.3) is 0 Å². The summed E-state index contributed by atoms with van der Waals surface area (Å²) < 4.78 is 121. The number of unbranched alkanes of at least 4 members (excludes halogenated alkanes) is 1. The SMILES string of the molecule is CCCCc1ccc(-c2ccc(C(F)(F)Oc3cc(F)c(-c4cc(F)c(OC=C(F)F)c(F)c4)c(F)c3)cc2)cc1. The molecule has 0 radical (unpaired) electrons. The van der Waals surface area contributed by atoms with Gasteiger partial charge >= 0.3 is 12.2 Å². The van der Waals surface area contributed by atoms with Crippen LogP contribution in [0, 0.1) is 23.3 Å². The van der Waals surface area contributed by atoms with E-state index in [9.17, 15) is 35.1 Å². The molecule has 0 fully saturated rings. The van der Waals surface area contributed by atoms with Gasteiger partial charge in [-0.3, -0.25) is 0 Å². The second-order valence-corrected chi connectivity index (χ2v) is 9.05. The molecule has 0 aromatic heterocycles. The van der Waals surface area contributed by atoms with Crippen LogP contribution in [0.1, 0.15) is 30.9 Å². The van der Waals surface area contributed by atoms with Crippen molar-refractivity contribution in [3.8, 4) is 33.8 Å². The van der Waals surface area contributed by atoms with Gasteiger partial charge in [0.2, 0.25) is 0 Å². The molecule has 0 aliphatic rings. The van der Waals surface area contributed by atoms with Gasteiger partial charge in [0.1, 0.15) is 17.4 Å². The first kappa shape index (κ1) is 29.6. The highest BCUT2D eigenvalue weighted by atomic mass is 19.3. The van der Waals surface area contributed by atoms with Crippen molar-refractivity contribution in [2.75, 3.05) is 0 Å². The predicted octanol–water partition coefficient (Wildman–Crippen LogP) is 10.2. The summed E-state index contributed by atoms with van der Waals surface area (Å²) in [4.78, 5) is 0. The normalized spacial score (nSPS) is 11.3. The maximum Gasteiger partial charge on any atom is 0.426 e. The van der Waals surface area contributed by atoms with E-state index in [0.29, 0.717) is 29.8 Å². The molecule has 0 saturated heterocycles. The largest absolute Gasteiger partial charge is 0.453 e. The summed E-state index contributed by atoms with van der Waals surface area (Å²) in [6.07, 6.45) is -3.51. The molecule has 0 N–H and O–H groups in total. The lowest BCUT2D eigenvalue weighted by molar-refractivity contribution is -0.185. The zero-order valence-corrected chi connectivity index (χ0v) is 21.5. The fourth-order valence-electron chi connectivity index (χ4n) is 4.11. The van der Waals surface area contributed by atoms with Gasteiger partial charge in [-0.25, -0.2) is 17.6 Å². The minimum absolute atomic E-state index is 0.214. The predicted molar refractivity (Wildman–Crippen MR) is 138 cm³/mol. The Labute approximate surface area is 230 Å². The number of ether oxygens (including phenoxy) is 2. The van der Waals surface area contributed by atoms with Crippen LogP contribution in [0.15, 0.2) is 85.1 Å². The van der Waals surface area contributed by atoms with E-state index >= 15 is 0 Å². The Bertz CT molecular complexity index is 1500. The molecular weight excluding hydrogens is 556 g/mol. The number of hydrogen-bond donors (Lipinski definition) is 0. The van der Waals surface area contributed by atoms with Crippen LogP contribution >= 0.6 is 0 Å². The third-order valence-corrected chi connectivity index (χ3v) is 6.14. The average Bonchev–Trinajstić information content (AvgIpc) is 2.91. The summed E-state index contributed by atoms with van der Waals surface area (Å²) in [6.45, 7) is 2.10. The minimum atomic E-state index is -3.99. The van der Waals surface area contributed by atoms with E-state index in [2.05, 4.69) is 16.4 Å². The molecule has 41 heavy (non-hydrogen) atoms. The third-order valence-electron chi connectivity index (χ3n) is 6.14. The summed E-state index contributed by atoms with van der Waals surface area (Å²) in [5.74, 6) is -8.09. The lowest BCUT2D eigenvalue weighted by Gasteiger charge is -2.19. The zero-order valence-electron chi connectivity index (χ0n) is 21.5. The second kappa shape index (κ2) is 12.4. The molecule has 0 saturated carbocycles.